The SMILES string of the molecule is CC/C=C/CCC1CCc2cc([C@H]3CC[C@](N)(CO)C3)ccc2C1. The van der Waals surface area contributed by atoms with Crippen LogP contribution in [-0.4, -0.2) is 17.3 Å². The van der Waals surface area contributed by atoms with Gasteiger partial charge in [-0.25, -0.2) is 0 Å². The Morgan fingerprint density at radius 3 is 2.88 bits per heavy atom. The summed E-state index contributed by atoms with van der Waals surface area (Å²) in [6.45, 7) is 2.31. The number of fused-ring (bicyclic) bond motifs is 1. The van der Waals surface area contributed by atoms with Gasteiger partial charge in [0, 0.05) is 5.54 Å². The topological polar surface area (TPSA) is 46.2 Å². The lowest BCUT2D eigenvalue weighted by Crippen LogP contribution is -2.40. The molecule has 1 aromatic rings. The summed E-state index contributed by atoms with van der Waals surface area (Å²) in [6, 6.07) is 7.14. The van der Waals surface area contributed by atoms with Crippen LogP contribution in [0, 0.1) is 5.92 Å². The molecule has 1 fully saturated rings. The highest BCUT2D eigenvalue weighted by atomic mass is 16.3. The minimum Gasteiger partial charge on any atom is -0.394 e. The first-order valence-electron chi connectivity index (χ1n) is 9.80. The Balaban J connectivity index is 1.61. The highest BCUT2D eigenvalue weighted by Gasteiger charge is 2.36. The van der Waals surface area contributed by atoms with Gasteiger partial charge in [0.2, 0.25) is 0 Å². The van der Waals surface area contributed by atoms with E-state index >= 15 is 0 Å². The van der Waals surface area contributed by atoms with E-state index in [0.29, 0.717) is 5.92 Å². The van der Waals surface area contributed by atoms with Crippen molar-refractivity contribution in [1.82, 2.24) is 0 Å². The monoisotopic (exact) mass is 327 g/mol. The molecule has 2 aliphatic rings. The molecular weight excluding hydrogens is 294 g/mol. The van der Waals surface area contributed by atoms with E-state index in [0.717, 1.165) is 31.6 Å². The molecule has 0 spiro atoms. The smallest absolute Gasteiger partial charge is 0.0611 e. The third kappa shape index (κ3) is 4.10. The standard InChI is InChI=1S/C22H33NO/c1-2-3-4-5-6-17-7-8-19-14-20(10-9-18(19)13-17)21-11-12-22(23,15-21)16-24/h3-4,9-10,14,17,21,24H,2,5-8,11-13,15-16,23H2,1H3/b4-3+/t17?,21-,22+/m0/s1. The van der Waals surface area contributed by atoms with Gasteiger partial charge in [-0.3, -0.25) is 0 Å². The summed E-state index contributed by atoms with van der Waals surface area (Å²) < 4.78 is 0. The second kappa shape index (κ2) is 7.84. The first-order chi connectivity index (χ1) is 11.6. The number of rotatable bonds is 6. The van der Waals surface area contributed by atoms with E-state index in [1.165, 1.54) is 37.7 Å². The van der Waals surface area contributed by atoms with E-state index in [-0.39, 0.29) is 12.1 Å². The van der Waals surface area contributed by atoms with Crippen LogP contribution >= 0.6 is 0 Å². The third-order valence-corrected chi connectivity index (χ3v) is 6.13. The predicted octanol–water partition coefficient (Wildman–Crippen LogP) is 4.50. The first kappa shape index (κ1) is 17.7. The van der Waals surface area contributed by atoms with Crippen molar-refractivity contribution < 1.29 is 5.11 Å². The maximum atomic E-state index is 9.49. The van der Waals surface area contributed by atoms with E-state index in [9.17, 15) is 5.11 Å². The molecular formula is C22H33NO. The molecule has 2 nitrogen and oxygen atoms in total. The lowest BCUT2D eigenvalue weighted by Gasteiger charge is -2.26. The molecule has 0 aliphatic heterocycles. The maximum Gasteiger partial charge on any atom is 0.0611 e. The lowest BCUT2D eigenvalue weighted by atomic mass is 9.80. The van der Waals surface area contributed by atoms with E-state index in [1.54, 1.807) is 11.1 Å². The van der Waals surface area contributed by atoms with Crippen LogP contribution in [-0.2, 0) is 12.8 Å². The number of allylic oxidation sites excluding steroid dienone is 2. The Bertz CT molecular complexity index is 579. The molecule has 1 aromatic carbocycles. The number of benzene rings is 1. The minimum absolute atomic E-state index is 0.114. The van der Waals surface area contributed by atoms with Gasteiger partial charge in [0.25, 0.3) is 0 Å². The van der Waals surface area contributed by atoms with Gasteiger partial charge in [-0.15, -0.1) is 0 Å². The molecule has 1 saturated carbocycles. The van der Waals surface area contributed by atoms with E-state index in [4.69, 9.17) is 5.73 Å². The molecule has 132 valence electrons. The van der Waals surface area contributed by atoms with Crippen molar-refractivity contribution in [1.29, 1.82) is 0 Å². The normalized spacial score (nSPS) is 30.0. The van der Waals surface area contributed by atoms with Crippen molar-refractivity contribution in [3.63, 3.8) is 0 Å². The molecule has 2 aliphatic carbocycles. The molecule has 3 rings (SSSR count). The van der Waals surface area contributed by atoms with Crippen molar-refractivity contribution >= 4 is 0 Å². The highest BCUT2D eigenvalue weighted by molar-refractivity contribution is 5.36. The van der Waals surface area contributed by atoms with Crippen LogP contribution in [0.1, 0.15) is 74.5 Å². The lowest BCUT2D eigenvalue weighted by molar-refractivity contribution is 0.198. The fourth-order valence-electron chi connectivity index (χ4n) is 4.55. The van der Waals surface area contributed by atoms with Gasteiger partial charge in [-0.2, -0.15) is 0 Å². The molecule has 2 heteroatoms. The van der Waals surface area contributed by atoms with Gasteiger partial charge in [0.1, 0.15) is 0 Å². The number of hydrogen-bond acceptors (Lipinski definition) is 2. The first-order valence-corrected chi connectivity index (χ1v) is 9.80. The number of aryl methyl sites for hydroxylation is 1. The molecule has 1 unspecified atom stereocenters. The fourth-order valence-corrected chi connectivity index (χ4v) is 4.55. The van der Waals surface area contributed by atoms with Crippen LogP contribution in [0.15, 0.2) is 30.4 Å². The molecule has 24 heavy (non-hydrogen) atoms. The number of hydrogen-bond donors (Lipinski definition) is 2. The summed E-state index contributed by atoms with van der Waals surface area (Å²) in [6.07, 6.45) is 15.1. The summed E-state index contributed by atoms with van der Waals surface area (Å²) >= 11 is 0. The second-order valence-electron chi connectivity index (χ2n) is 8.05. The molecule has 0 aromatic heterocycles. The van der Waals surface area contributed by atoms with Crippen LogP contribution in [0.25, 0.3) is 0 Å². The van der Waals surface area contributed by atoms with Crippen LogP contribution in [0.3, 0.4) is 0 Å². The Hall–Kier alpha value is -1.12. The van der Waals surface area contributed by atoms with Gasteiger partial charge in [-0.1, -0.05) is 37.3 Å². The van der Waals surface area contributed by atoms with Crippen LogP contribution in [0.5, 0.6) is 0 Å². The summed E-state index contributed by atoms with van der Waals surface area (Å²) in [5, 5.41) is 9.49. The van der Waals surface area contributed by atoms with Crippen LogP contribution in [0.2, 0.25) is 0 Å². The quantitative estimate of drug-likeness (QED) is 0.756. The van der Waals surface area contributed by atoms with Crippen molar-refractivity contribution in [3.8, 4) is 0 Å². The third-order valence-electron chi connectivity index (χ3n) is 6.13. The van der Waals surface area contributed by atoms with Crippen molar-refractivity contribution in [2.75, 3.05) is 6.61 Å². The Morgan fingerprint density at radius 1 is 1.25 bits per heavy atom. The molecule has 0 bridgehead atoms. The Kier molecular flexibility index (Phi) is 5.78. The molecule has 0 radical (unpaired) electrons. The molecule has 0 heterocycles. The van der Waals surface area contributed by atoms with E-state index in [1.807, 2.05) is 0 Å². The number of aliphatic hydroxyl groups is 1. The summed E-state index contributed by atoms with van der Waals surface area (Å²) in [5.41, 5.74) is 10.5. The summed E-state index contributed by atoms with van der Waals surface area (Å²) in [7, 11) is 0. The molecule has 0 amide bonds. The van der Waals surface area contributed by atoms with Crippen LogP contribution in [0.4, 0.5) is 0 Å². The van der Waals surface area contributed by atoms with Gasteiger partial charge in [0.05, 0.1) is 6.61 Å². The fraction of sp³-hybridized carbons (Fsp3) is 0.636. The Labute approximate surface area is 147 Å². The zero-order chi connectivity index (χ0) is 17.0. The zero-order valence-electron chi connectivity index (χ0n) is 15.1. The average molecular weight is 328 g/mol. The van der Waals surface area contributed by atoms with Gasteiger partial charge < -0.3 is 10.8 Å². The van der Waals surface area contributed by atoms with Gasteiger partial charge >= 0.3 is 0 Å². The largest absolute Gasteiger partial charge is 0.394 e. The summed E-state index contributed by atoms with van der Waals surface area (Å²) in [4.78, 5) is 0. The molecule has 0 saturated heterocycles. The number of aliphatic hydroxyl groups excluding tert-OH is 1. The predicted molar refractivity (Wildman–Crippen MR) is 101 cm³/mol. The van der Waals surface area contributed by atoms with Crippen LogP contribution < -0.4 is 5.73 Å². The summed E-state index contributed by atoms with van der Waals surface area (Å²) in [5.74, 6) is 1.38. The highest BCUT2D eigenvalue weighted by Crippen LogP contribution is 2.40. The minimum atomic E-state index is -0.350. The maximum absolute atomic E-state index is 9.49. The Morgan fingerprint density at radius 2 is 2.12 bits per heavy atom. The molecule has 3 atom stereocenters. The second-order valence-corrected chi connectivity index (χ2v) is 8.05. The average Bonchev–Trinajstić information content (AvgIpc) is 3.01. The van der Waals surface area contributed by atoms with Gasteiger partial charge in [-0.05, 0) is 86.3 Å². The van der Waals surface area contributed by atoms with Crippen molar-refractivity contribution in [2.24, 2.45) is 11.7 Å². The van der Waals surface area contributed by atoms with Crippen molar-refractivity contribution in [2.45, 2.75) is 76.2 Å². The van der Waals surface area contributed by atoms with Gasteiger partial charge in [0.15, 0.2) is 0 Å². The van der Waals surface area contributed by atoms with E-state index < -0.39 is 0 Å². The molecule has 3 N–H and O–H groups in total. The van der Waals surface area contributed by atoms with Crippen molar-refractivity contribution in [3.05, 3.63) is 47.0 Å². The zero-order valence-corrected chi connectivity index (χ0v) is 15.1. The van der Waals surface area contributed by atoms with E-state index in [2.05, 4.69) is 37.3 Å². The number of nitrogens with two attached hydrogens (primary N) is 1.